The van der Waals surface area contributed by atoms with Crippen molar-refractivity contribution < 1.29 is 27.5 Å². The summed E-state index contributed by atoms with van der Waals surface area (Å²) in [5.41, 5.74) is 0.869. The van der Waals surface area contributed by atoms with Crippen LogP contribution in [-0.4, -0.2) is 49.5 Å². The lowest BCUT2D eigenvalue weighted by molar-refractivity contribution is 0.0649. The van der Waals surface area contributed by atoms with Gasteiger partial charge in [0.2, 0.25) is 0 Å². The number of amides is 1. The van der Waals surface area contributed by atoms with E-state index in [9.17, 15) is 13.8 Å². The molecule has 1 amide bonds. The van der Waals surface area contributed by atoms with E-state index in [0.717, 1.165) is 5.56 Å². The molecule has 0 aliphatic carbocycles. The van der Waals surface area contributed by atoms with E-state index in [1.165, 1.54) is 4.90 Å². The minimum atomic E-state index is -3.61. The van der Waals surface area contributed by atoms with E-state index in [0.29, 0.717) is 0 Å². The van der Waals surface area contributed by atoms with Gasteiger partial charge in [-0.15, -0.1) is 0 Å². The van der Waals surface area contributed by atoms with Crippen LogP contribution in [0.25, 0.3) is 0 Å². The zero-order chi connectivity index (χ0) is 19.0. The third-order valence-corrected chi connectivity index (χ3v) is 5.76. The van der Waals surface area contributed by atoms with E-state index in [2.05, 4.69) is 5.09 Å². The number of piperidine rings is 1. The number of hydrogen-bond donors (Lipinski definition) is 1. The molecular formula is C17H26FN2O5P. The van der Waals surface area contributed by atoms with Gasteiger partial charge < -0.3 is 9.64 Å². The number of hydrogen-bond acceptors (Lipinski definition) is 5. The van der Waals surface area contributed by atoms with Crippen molar-refractivity contribution in [3.8, 4) is 0 Å². The monoisotopic (exact) mass is 388 g/mol. The number of nitrogens with zero attached hydrogens (tertiary/aromatic N) is 1. The van der Waals surface area contributed by atoms with Crippen molar-refractivity contribution in [2.45, 2.75) is 39.1 Å². The minimum absolute atomic E-state index is 0.0267. The Morgan fingerprint density at radius 3 is 2.54 bits per heavy atom. The first-order valence-electron chi connectivity index (χ1n) is 8.74. The topological polar surface area (TPSA) is 77.1 Å². The average Bonchev–Trinajstić information content (AvgIpc) is 2.63. The molecule has 1 fully saturated rings. The lowest BCUT2D eigenvalue weighted by Crippen LogP contribution is -2.53. The minimum Gasteiger partial charge on any atom is -0.445 e. The van der Waals surface area contributed by atoms with Gasteiger partial charge in [-0.2, -0.15) is 0 Å². The Hall–Kier alpha value is -1.47. The zero-order valence-electron chi connectivity index (χ0n) is 15.1. The number of nitrogens with one attached hydrogen (secondary N) is 1. The second kappa shape index (κ2) is 10.0. The van der Waals surface area contributed by atoms with Crippen LogP contribution in [0.15, 0.2) is 30.3 Å². The molecule has 1 heterocycles. The molecule has 0 bridgehead atoms. The number of carbonyl (C=O) groups is 1. The summed E-state index contributed by atoms with van der Waals surface area (Å²) >= 11 is 0. The molecular weight excluding hydrogens is 362 g/mol. The number of carbonyl (C=O) groups excluding carboxylic acids is 1. The van der Waals surface area contributed by atoms with Crippen molar-refractivity contribution >= 4 is 13.8 Å². The summed E-state index contributed by atoms with van der Waals surface area (Å²) in [5, 5.41) is 2.63. The summed E-state index contributed by atoms with van der Waals surface area (Å²) in [5.74, 6) is 0. The molecule has 0 radical (unpaired) electrons. The summed E-state index contributed by atoms with van der Waals surface area (Å²) in [6, 6.07) is 8.45. The second-order valence-corrected chi connectivity index (χ2v) is 7.63. The SMILES string of the molecule is CCOP(=O)(NC1CN(C(=O)OCc2ccccc2)CCC1F)OCC. The van der Waals surface area contributed by atoms with Crippen molar-refractivity contribution in [3.63, 3.8) is 0 Å². The van der Waals surface area contributed by atoms with Crippen LogP contribution in [0.4, 0.5) is 9.18 Å². The normalized spacial score (nSPS) is 20.8. The third kappa shape index (κ3) is 6.06. The number of alkyl halides is 1. The third-order valence-electron chi connectivity index (χ3n) is 3.91. The lowest BCUT2D eigenvalue weighted by Gasteiger charge is -2.36. The molecule has 0 saturated carbocycles. The molecule has 7 nitrogen and oxygen atoms in total. The van der Waals surface area contributed by atoms with Crippen LogP contribution < -0.4 is 5.09 Å². The van der Waals surface area contributed by atoms with Gasteiger partial charge >= 0.3 is 13.8 Å². The molecule has 0 spiro atoms. The van der Waals surface area contributed by atoms with Gasteiger partial charge in [-0.1, -0.05) is 30.3 Å². The van der Waals surface area contributed by atoms with Crippen molar-refractivity contribution in [1.82, 2.24) is 9.99 Å². The molecule has 2 atom stereocenters. The van der Waals surface area contributed by atoms with E-state index in [1.807, 2.05) is 30.3 Å². The highest BCUT2D eigenvalue weighted by atomic mass is 31.2. The molecule has 1 aromatic carbocycles. The zero-order valence-corrected chi connectivity index (χ0v) is 16.0. The predicted molar refractivity (Wildman–Crippen MR) is 95.5 cm³/mol. The largest absolute Gasteiger partial charge is 0.445 e. The summed E-state index contributed by atoms with van der Waals surface area (Å²) in [4.78, 5) is 13.7. The van der Waals surface area contributed by atoms with Crippen molar-refractivity contribution in [1.29, 1.82) is 0 Å². The first kappa shape index (κ1) is 20.8. The average molecular weight is 388 g/mol. The van der Waals surface area contributed by atoms with E-state index >= 15 is 0 Å². The fraction of sp³-hybridized carbons (Fsp3) is 0.588. The van der Waals surface area contributed by atoms with Gasteiger partial charge in [0.15, 0.2) is 0 Å². The van der Waals surface area contributed by atoms with Crippen molar-refractivity contribution in [2.75, 3.05) is 26.3 Å². The van der Waals surface area contributed by atoms with Gasteiger partial charge in [0.25, 0.3) is 0 Å². The Bertz CT molecular complexity index is 608. The van der Waals surface area contributed by atoms with Crippen LogP contribution in [0.1, 0.15) is 25.8 Å². The molecule has 1 aliphatic rings. The molecule has 2 rings (SSSR count). The smallest absolute Gasteiger partial charge is 0.410 e. The maximum absolute atomic E-state index is 14.3. The Morgan fingerprint density at radius 2 is 1.92 bits per heavy atom. The number of rotatable bonds is 8. The highest BCUT2D eigenvalue weighted by Crippen LogP contribution is 2.44. The van der Waals surface area contributed by atoms with E-state index in [4.69, 9.17) is 13.8 Å². The van der Waals surface area contributed by atoms with Crippen LogP contribution in [0, 0.1) is 0 Å². The van der Waals surface area contributed by atoms with E-state index < -0.39 is 26.1 Å². The van der Waals surface area contributed by atoms with Crippen molar-refractivity contribution in [3.05, 3.63) is 35.9 Å². The standard InChI is InChI=1S/C17H26FN2O5P/c1-3-24-26(22,25-4-2)19-16-12-20(11-10-15(16)18)17(21)23-13-14-8-6-5-7-9-14/h5-9,15-16H,3-4,10-13H2,1-2H3,(H,19,22). The van der Waals surface area contributed by atoms with Crippen LogP contribution in [0.3, 0.4) is 0 Å². The molecule has 9 heteroatoms. The molecule has 0 aromatic heterocycles. The maximum atomic E-state index is 14.3. The van der Waals surface area contributed by atoms with Crippen LogP contribution in [0.5, 0.6) is 0 Å². The molecule has 1 saturated heterocycles. The van der Waals surface area contributed by atoms with Gasteiger partial charge in [-0.05, 0) is 25.8 Å². The van der Waals surface area contributed by atoms with Gasteiger partial charge in [0.1, 0.15) is 12.8 Å². The maximum Gasteiger partial charge on any atom is 0.410 e. The second-order valence-electron chi connectivity index (χ2n) is 5.86. The first-order valence-corrected chi connectivity index (χ1v) is 10.3. The van der Waals surface area contributed by atoms with Gasteiger partial charge in [0, 0.05) is 13.1 Å². The lowest BCUT2D eigenvalue weighted by atomic mass is 10.1. The molecule has 1 aliphatic heterocycles. The molecule has 26 heavy (non-hydrogen) atoms. The predicted octanol–water partition coefficient (Wildman–Crippen LogP) is 3.51. The summed E-state index contributed by atoms with van der Waals surface area (Å²) < 4.78 is 42.4. The fourth-order valence-electron chi connectivity index (χ4n) is 2.68. The highest BCUT2D eigenvalue weighted by Gasteiger charge is 2.37. The van der Waals surface area contributed by atoms with E-state index in [-0.39, 0.29) is 39.3 Å². The summed E-state index contributed by atoms with van der Waals surface area (Å²) in [6.07, 6.45) is -1.67. The van der Waals surface area contributed by atoms with Gasteiger partial charge in [-0.3, -0.25) is 9.05 Å². The Morgan fingerprint density at radius 1 is 1.27 bits per heavy atom. The molecule has 1 N–H and O–H groups in total. The number of halogens is 1. The van der Waals surface area contributed by atoms with Crippen LogP contribution in [0.2, 0.25) is 0 Å². The number of likely N-dealkylation sites (tertiary alicyclic amines) is 1. The quantitative estimate of drug-likeness (QED) is 0.687. The molecule has 146 valence electrons. The highest BCUT2D eigenvalue weighted by molar-refractivity contribution is 7.51. The Kier molecular flexibility index (Phi) is 8.03. The number of ether oxygens (including phenoxy) is 1. The fourth-order valence-corrected chi connectivity index (χ4v) is 4.23. The Labute approximate surface area is 153 Å². The van der Waals surface area contributed by atoms with Gasteiger partial charge in [-0.25, -0.2) is 18.8 Å². The van der Waals surface area contributed by atoms with Crippen LogP contribution in [-0.2, 0) is 25.0 Å². The first-order chi connectivity index (χ1) is 12.5. The summed E-state index contributed by atoms with van der Waals surface area (Å²) in [6.45, 7) is 4.08. The van der Waals surface area contributed by atoms with E-state index in [1.54, 1.807) is 13.8 Å². The van der Waals surface area contributed by atoms with Crippen molar-refractivity contribution in [2.24, 2.45) is 0 Å². The number of benzene rings is 1. The Balaban J connectivity index is 1.93. The van der Waals surface area contributed by atoms with Gasteiger partial charge in [0.05, 0.1) is 19.3 Å². The van der Waals surface area contributed by atoms with Crippen LogP contribution >= 0.6 is 7.75 Å². The summed E-state index contributed by atoms with van der Waals surface area (Å²) in [7, 11) is -3.61. The molecule has 2 unspecified atom stereocenters. The molecule has 1 aromatic rings.